The number of methoxy groups -OCH3 is 1. The van der Waals surface area contributed by atoms with Crippen molar-refractivity contribution in [1.29, 1.82) is 0 Å². The summed E-state index contributed by atoms with van der Waals surface area (Å²) in [5.74, 6) is 1.24. The second kappa shape index (κ2) is 9.20. The summed E-state index contributed by atoms with van der Waals surface area (Å²) in [5, 5.41) is 0. The van der Waals surface area contributed by atoms with Crippen LogP contribution in [0.25, 0.3) is 0 Å². The summed E-state index contributed by atoms with van der Waals surface area (Å²) >= 11 is 0. The topological polar surface area (TPSA) is 12.5 Å². The van der Waals surface area contributed by atoms with Gasteiger partial charge in [-0.25, -0.2) is 0 Å². The highest BCUT2D eigenvalue weighted by molar-refractivity contribution is 5.42. The smallest absolute Gasteiger partial charge is 0.416 e. The predicted molar refractivity (Wildman–Crippen MR) is 115 cm³/mol. The molecule has 3 atom stereocenters. The van der Waals surface area contributed by atoms with E-state index in [0.717, 1.165) is 24.1 Å². The van der Waals surface area contributed by atoms with Gasteiger partial charge in [-0.1, -0.05) is 32.0 Å². The molecule has 2 aromatic carbocycles. The Balaban J connectivity index is 2.17. The molecule has 2 nitrogen and oxygen atoms in total. The van der Waals surface area contributed by atoms with Gasteiger partial charge in [-0.15, -0.1) is 0 Å². The number of benzene rings is 2. The van der Waals surface area contributed by atoms with Crippen molar-refractivity contribution in [3.63, 3.8) is 0 Å². The molecule has 0 aromatic heterocycles. The van der Waals surface area contributed by atoms with Crippen LogP contribution in [0.1, 0.15) is 49.4 Å². The Labute approximate surface area is 190 Å². The predicted octanol–water partition coefficient (Wildman–Crippen LogP) is 7.17. The zero-order valence-corrected chi connectivity index (χ0v) is 19.1. The third-order valence-electron chi connectivity index (χ3n) is 6.45. The van der Waals surface area contributed by atoms with E-state index in [9.17, 15) is 26.3 Å². The van der Waals surface area contributed by atoms with E-state index in [-0.39, 0.29) is 18.1 Å². The minimum absolute atomic E-state index is 0.0172. The Morgan fingerprint density at radius 3 is 1.88 bits per heavy atom. The fourth-order valence-electron chi connectivity index (χ4n) is 5.05. The molecule has 1 aliphatic heterocycles. The Bertz CT molecular complexity index is 928. The van der Waals surface area contributed by atoms with E-state index in [1.165, 1.54) is 7.11 Å². The van der Waals surface area contributed by atoms with E-state index in [1.807, 2.05) is 13.0 Å². The summed E-state index contributed by atoms with van der Waals surface area (Å²) in [5.41, 5.74) is -2.75. The molecule has 0 amide bonds. The third kappa shape index (κ3) is 5.65. The summed E-state index contributed by atoms with van der Waals surface area (Å²) in [6.45, 7) is 7.46. The second-order valence-electron chi connectivity index (χ2n) is 9.42. The highest BCUT2D eigenvalue weighted by atomic mass is 19.4. The lowest BCUT2D eigenvalue weighted by Gasteiger charge is -2.48. The van der Waals surface area contributed by atoms with Crippen molar-refractivity contribution < 1.29 is 31.1 Å². The quantitative estimate of drug-likeness (QED) is 0.427. The van der Waals surface area contributed by atoms with Crippen LogP contribution < -0.4 is 4.74 Å². The van der Waals surface area contributed by atoms with E-state index in [0.29, 0.717) is 30.7 Å². The van der Waals surface area contributed by atoms with Crippen molar-refractivity contribution in [2.24, 2.45) is 11.8 Å². The molecule has 182 valence electrons. The van der Waals surface area contributed by atoms with Gasteiger partial charge in [0.2, 0.25) is 0 Å². The van der Waals surface area contributed by atoms with Gasteiger partial charge in [0, 0.05) is 18.7 Å². The first-order valence-electron chi connectivity index (χ1n) is 10.9. The van der Waals surface area contributed by atoms with Crippen LogP contribution >= 0.6 is 0 Å². The summed E-state index contributed by atoms with van der Waals surface area (Å²) < 4.78 is 86.4. The van der Waals surface area contributed by atoms with Gasteiger partial charge in [-0.05, 0) is 61.4 Å². The zero-order valence-electron chi connectivity index (χ0n) is 19.1. The number of hydrogen-bond acceptors (Lipinski definition) is 2. The van der Waals surface area contributed by atoms with Gasteiger partial charge in [0.25, 0.3) is 0 Å². The number of piperidine rings is 1. The maximum absolute atomic E-state index is 13.5. The highest BCUT2D eigenvalue weighted by Crippen LogP contribution is 2.43. The minimum Gasteiger partial charge on any atom is -0.496 e. The normalized spacial score (nSPS) is 22.1. The molecule has 3 unspecified atom stereocenters. The van der Waals surface area contributed by atoms with Crippen LogP contribution in [0.15, 0.2) is 42.5 Å². The summed E-state index contributed by atoms with van der Waals surface area (Å²) in [7, 11) is 1.51. The van der Waals surface area contributed by atoms with Gasteiger partial charge in [0.1, 0.15) is 5.75 Å². The van der Waals surface area contributed by atoms with Gasteiger partial charge < -0.3 is 4.74 Å². The van der Waals surface area contributed by atoms with Crippen LogP contribution in [0, 0.1) is 11.8 Å². The largest absolute Gasteiger partial charge is 0.496 e. The molecule has 0 aliphatic carbocycles. The Kier molecular flexibility index (Phi) is 7.08. The molecule has 0 bridgehead atoms. The van der Waals surface area contributed by atoms with Crippen molar-refractivity contribution in [3.05, 3.63) is 64.7 Å². The molecule has 0 radical (unpaired) electrons. The van der Waals surface area contributed by atoms with Crippen LogP contribution in [-0.2, 0) is 24.3 Å². The van der Waals surface area contributed by atoms with E-state index in [2.05, 4.69) is 18.7 Å². The molecule has 0 spiro atoms. The summed E-state index contributed by atoms with van der Waals surface area (Å²) in [6, 6.07) is 9.03. The van der Waals surface area contributed by atoms with Crippen LogP contribution in [0.2, 0.25) is 0 Å². The lowest BCUT2D eigenvalue weighted by Crippen LogP contribution is -2.52. The number of rotatable bonds is 5. The molecular weight excluding hydrogens is 444 g/mol. The molecule has 2 aromatic rings. The van der Waals surface area contributed by atoms with Crippen molar-refractivity contribution in [3.8, 4) is 5.75 Å². The van der Waals surface area contributed by atoms with Crippen molar-refractivity contribution in [2.45, 2.75) is 51.5 Å². The van der Waals surface area contributed by atoms with Gasteiger partial charge in [-0.2, -0.15) is 26.3 Å². The van der Waals surface area contributed by atoms with E-state index in [4.69, 9.17) is 4.74 Å². The standard InChI is InChI=1S/C25H29F6NO/c1-16-9-17(2)15-32(14-16)23(3,21-7-5-6-8-22(21)33-4)13-18-10-19(24(26,27)28)12-20(11-18)25(29,30)31/h5-8,10-12,16-17H,9,13-15H2,1-4H3. The lowest BCUT2D eigenvalue weighted by atomic mass is 9.79. The number of hydrogen-bond donors (Lipinski definition) is 0. The van der Waals surface area contributed by atoms with Crippen molar-refractivity contribution in [1.82, 2.24) is 4.90 Å². The first-order chi connectivity index (χ1) is 15.2. The maximum Gasteiger partial charge on any atom is 0.416 e. The summed E-state index contributed by atoms with van der Waals surface area (Å²) in [6.07, 6.45) is -8.78. The molecule has 1 heterocycles. The fraction of sp³-hybridized carbons (Fsp3) is 0.520. The molecule has 0 N–H and O–H groups in total. The number of para-hydroxylation sites is 1. The molecule has 33 heavy (non-hydrogen) atoms. The Hall–Kier alpha value is -2.22. The van der Waals surface area contributed by atoms with E-state index >= 15 is 0 Å². The Morgan fingerprint density at radius 2 is 1.39 bits per heavy atom. The SMILES string of the molecule is COc1ccccc1C(C)(Cc1cc(C(F)(F)F)cc(C(F)(F)F)c1)N1CC(C)CC(C)C1. The van der Waals surface area contributed by atoms with Gasteiger partial charge in [0.15, 0.2) is 0 Å². The summed E-state index contributed by atoms with van der Waals surface area (Å²) in [4.78, 5) is 2.18. The van der Waals surface area contributed by atoms with Crippen molar-refractivity contribution >= 4 is 0 Å². The Morgan fingerprint density at radius 1 is 0.879 bits per heavy atom. The minimum atomic E-state index is -4.88. The number of alkyl halides is 6. The monoisotopic (exact) mass is 473 g/mol. The molecule has 3 rings (SSSR count). The van der Waals surface area contributed by atoms with Gasteiger partial charge in [0.05, 0.1) is 23.8 Å². The second-order valence-corrected chi connectivity index (χ2v) is 9.42. The maximum atomic E-state index is 13.5. The molecular formula is C25H29F6NO. The average Bonchev–Trinajstić information content (AvgIpc) is 2.71. The van der Waals surface area contributed by atoms with Crippen LogP contribution in [0.5, 0.6) is 5.75 Å². The number of ether oxygens (including phenoxy) is 1. The fourth-order valence-corrected chi connectivity index (χ4v) is 5.05. The van der Waals surface area contributed by atoms with E-state index in [1.54, 1.807) is 18.2 Å². The van der Waals surface area contributed by atoms with Gasteiger partial charge in [-0.3, -0.25) is 4.90 Å². The first kappa shape index (κ1) is 25.4. The van der Waals surface area contributed by atoms with Crippen molar-refractivity contribution in [2.75, 3.05) is 20.2 Å². The van der Waals surface area contributed by atoms with Crippen LogP contribution in [-0.4, -0.2) is 25.1 Å². The van der Waals surface area contributed by atoms with Crippen LogP contribution in [0.3, 0.4) is 0 Å². The molecule has 1 fully saturated rings. The molecule has 0 saturated carbocycles. The van der Waals surface area contributed by atoms with Gasteiger partial charge >= 0.3 is 12.4 Å². The number of likely N-dealkylation sites (tertiary alicyclic amines) is 1. The molecule has 1 aliphatic rings. The first-order valence-corrected chi connectivity index (χ1v) is 10.9. The lowest BCUT2D eigenvalue weighted by molar-refractivity contribution is -0.143. The van der Waals surface area contributed by atoms with Crippen LogP contribution in [0.4, 0.5) is 26.3 Å². The molecule has 1 saturated heterocycles. The highest BCUT2D eigenvalue weighted by Gasteiger charge is 2.42. The zero-order chi connectivity index (χ0) is 24.6. The average molecular weight is 474 g/mol. The molecule has 8 heteroatoms. The number of halogens is 6. The van der Waals surface area contributed by atoms with E-state index < -0.39 is 29.0 Å². The third-order valence-corrected chi connectivity index (χ3v) is 6.45. The number of nitrogens with zero attached hydrogens (tertiary/aromatic N) is 1.